The van der Waals surface area contributed by atoms with E-state index in [0.29, 0.717) is 19.4 Å². The van der Waals surface area contributed by atoms with Gasteiger partial charge in [0.15, 0.2) is 0 Å². The molecule has 1 spiro atoms. The molecule has 6 heteroatoms. The molecule has 3 rings (SSSR count). The fourth-order valence-corrected chi connectivity index (χ4v) is 12.9. The van der Waals surface area contributed by atoms with Crippen molar-refractivity contribution in [3.63, 3.8) is 0 Å². The largest absolute Gasteiger partial charge is 0.481 e. The second-order valence-electron chi connectivity index (χ2n) is 24.4. The molecular weight excluding hydrogens is 883 g/mol. The number of carbonyl (C=O) groups is 2. The van der Waals surface area contributed by atoms with E-state index < -0.39 is 5.97 Å². The Kier molecular flexibility index (Phi) is 39.5. The van der Waals surface area contributed by atoms with Crippen LogP contribution in [0.25, 0.3) is 0 Å². The van der Waals surface area contributed by atoms with E-state index in [2.05, 4.69) is 31.1 Å². The highest BCUT2D eigenvalue weighted by Crippen LogP contribution is 2.46. The van der Waals surface area contributed by atoms with Crippen LogP contribution in [0.4, 0.5) is 0 Å². The molecule has 72 heavy (non-hydrogen) atoms. The Hall–Kier alpha value is -1.95. The van der Waals surface area contributed by atoms with E-state index in [0.717, 1.165) is 32.2 Å². The number of aromatic nitrogens is 1. The Morgan fingerprint density at radius 2 is 0.792 bits per heavy atom. The van der Waals surface area contributed by atoms with E-state index in [1.54, 1.807) is 0 Å². The zero-order valence-corrected chi connectivity index (χ0v) is 48.3. The lowest BCUT2D eigenvalue weighted by molar-refractivity contribution is -0.137. The molecule has 418 valence electrons. The number of pyridine rings is 1. The van der Waals surface area contributed by atoms with Crippen LogP contribution in [0.15, 0.2) is 24.4 Å². The van der Waals surface area contributed by atoms with E-state index in [4.69, 9.17) is 4.98 Å². The summed E-state index contributed by atoms with van der Waals surface area (Å²) < 4.78 is 0. The van der Waals surface area contributed by atoms with E-state index in [1.165, 1.54) is 301 Å². The highest BCUT2D eigenvalue weighted by molar-refractivity contribution is 5.79. The highest BCUT2D eigenvalue weighted by atomic mass is 16.4. The predicted molar refractivity (Wildman–Crippen MR) is 311 cm³/mol. The van der Waals surface area contributed by atoms with Gasteiger partial charge >= 0.3 is 5.97 Å². The quantitative estimate of drug-likeness (QED) is 0.307. The fraction of sp³-hybridized carbons (Fsp3) is 0.894. The number of hydrogen-bond donors (Lipinski definition) is 1. The summed E-state index contributed by atoms with van der Waals surface area (Å²) in [5, 5.41) is 9.35. The number of carbonyl (C=O) groups excluding carboxylic acids is 1. The second kappa shape index (κ2) is 44.2. The molecule has 1 aromatic heterocycles. The SMILES string of the molecule is CN(C)C1(c2ccccn2)CCCCCCCCCCCCCCCCCCCCCCCCCCCCCCCCCCCCCCCCCCCCCCCCC2(CC1)CC(=O)N(CCCC(=O)O)C2. The number of carboxylic acid groups (broad SMARTS) is 1. The third kappa shape index (κ3) is 31.8. The zero-order valence-electron chi connectivity index (χ0n) is 48.3. The maximum atomic E-state index is 13.7. The highest BCUT2D eigenvalue weighted by Gasteiger charge is 2.45. The Morgan fingerprint density at radius 1 is 0.472 bits per heavy atom. The van der Waals surface area contributed by atoms with Gasteiger partial charge in [-0.15, -0.1) is 0 Å². The van der Waals surface area contributed by atoms with Crippen molar-refractivity contribution >= 4 is 11.9 Å². The van der Waals surface area contributed by atoms with Crippen LogP contribution < -0.4 is 0 Å². The average Bonchev–Trinajstić information content (AvgIpc) is 3.69. The van der Waals surface area contributed by atoms with E-state index in [9.17, 15) is 14.7 Å². The summed E-state index contributed by atoms with van der Waals surface area (Å²) in [5.41, 5.74) is 0.940. The van der Waals surface area contributed by atoms with Gasteiger partial charge in [0.2, 0.25) is 5.91 Å². The molecule has 1 aliphatic carbocycles. The van der Waals surface area contributed by atoms with Gasteiger partial charge in [-0.2, -0.15) is 0 Å². The van der Waals surface area contributed by atoms with Crippen LogP contribution in [-0.2, 0) is 15.1 Å². The summed E-state index contributed by atoms with van der Waals surface area (Å²) in [7, 11) is 4.50. The molecule has 1 saturated carbocycles. The molecule has 6 nitrogen and oxygen atoms in total. The minimum absolute atomic E-state index is 0.0576. The lowest BCUT2D eigenvalue weighted by atomic mass is 9.72. The van der Waals surface area contributed by atoms with Gasteiger partial charge in [-0.3, -0.25) is 19.5 Å². The van der Waals surface area contributed by atoms with Crippen LogP contribution in [0.2, 0.25) is 0 Å². The van der Waals surface area contributed by atoms with Crippen molar-refractivity contribution in [2.45, 2.75) is 346 Å². The van der Waals surface area contributed by atoms with Gasteiger partial charge in [0.05, 0.1) is 11.2 Å². The first-order valence-corrected chi connectivity index (χ1v) is 32.5. The van der Waals surface area contributed by atoms with Gasteiger partial charge in [-0.1, -0.05) is 301 Å². The van der Waals surface area contributed by atoms with E-state index in [1.807, 2.05) is 17.2 Å². The van der Waals surface area contributed by atoms with Gasteiger partial charge in [0.25, 0.3) is 0 Å². The number of likely N-dealkylation sites (tertiary alicyclic amines) is 1. The Labute approximate surface area is 448 Å². The van der Waals surface area contributed by atoms with Crippen molar-refractivity contribution in [2.24, 2.45) is 5.41 Å². The number of amides is 1. The van der Waals surface area contributed by atoms with Crippen LogP contribution >= 0.6 is 0 Å². The fourth-order valence-electron chi connectivity index (χ4n) is 12.9. The van der Waals surface area contributed by atoms with Gasteiger partial charge in [-0.05, 0) is 63.7 Å². The Balaban J connectivity index is 1.45. The molecule has 1 aliphatic heterocycles. The summed E-state index contributed by atoms with van der Waals surface area (Å²) in [6.45, 7) is 1.34. The lowest BCUT2D eigenvalue weighted by Gasteiger charge is -2.42. The van der Waals surface area contributed by atoms with Crippen LogP contribution in [-0.4, -0.2) is 59.0 Å². The number of nitrogens with zero attached hydrogens (tertiary/aromatic N) is 3. The van der Waals surface area contributed by atoms with E-state index >= 15 is 0 Å². The number of rotatable bonds is 6. The maximum absolute atomic E-state index is 13.7. The van der Waals surface area contributed by atoms with Crippen molar-refractivity contribution in [1.29, 1.82) is 0 Å². The Bertz CT molecular complexity index is 1390. The van der Waals surface area contributed by atoms with Crippen molar-refractivity contribution in [3.05, 3.63) is 30.1 Å². The average molecular weight is 1000 g/mol. The standard InChI is InChI=1S/C66H121N3O3/c1-68(2)66(62-52-47-50-58-67-62)55-49-46-44-42-40-38-36-34-32-30-28-26-24-22-20-18-16-14-12-10-8-6-4-3-5-7-9-11-13-15-17-19-21-23-25-27-29-31-33-35-37-39-41-43-45-48-54-65(56-57-66)60-63(70)69(61-65)59-51-53-64(71)72/h47,50,52,58H,3-46,48-49,51,53-57,59-61H2,1-2H3,(H,71,72). The zero-order chi connectivity index (χ0) is 51.3. The normalized spacial score (nSPS) is 25.8. The molecule has 0 bridgehead atoms. The molecular formula is C66H121N3O3. The smallest absolute Gasteiger partial charge is 0.303 e. The molecule has 1 saturated heterocycles. The summed E-state index contributed by atoms with van der Waals surface area (Å²) in [6, 6.07) is 6.43. The second-order valence-corrected chi connectivity index (χ2v) is 24.4. The first-order valence-electron chi connectivity index (χ1n) is 32.5. The number of hydrogen-bond acceptors (Lipinski definition) is 4. The molecule has 0 aromatic carbocycles. The predicted octanol–water partition coefficient (Wildman–Crippen LogP) is 20.4. The first kappa shape index (κ1) is 64.3. The van der Waals surface area contributed by atoms with Crippen LogP contribution in [0.3, 0.4) is 0 Å². The molecule has 2 heterocycles. The minimum Gasteiger partial charge on any atom is -0.481 e. The first-order chi connectivity index (χ1) is 35.4. The van der Waals surface area contributed by atoms with Crippen molar-refractivity contribution in [2.75, 3.05) is 27.2 Å². The third-order valence-electron chi connectivity index (χ3n) is 17.8. The number of aliphatic carboxylic acids is 1. The van der Waals surface area contributed by atoms with Crippen LogP contribution in [0.5, 0.6) is 0 Å². The van der Waals surface area contributed by atoms with Crippen LogP contribution in [0.1, 0.15) is 346 Å². The van der Waals surface area contributed by atoms with Crippen molar-refractivity contribution in [3.8, 4) is 0 Å². The molecule has 1 amide bonds. The maximum Gasteiger partial charge on any atom is 0.303 e. The molecule has 0 radical (unpaired) electrons. The van der Waals surface area contributed by atoms with Gasteiger partial charge < -0.3 is 10.0 Å². The molecule has 2 unspecified atom stereocenters. The Morgan fingerprint density at radius 3 is 1.08 bits per heavy atom. The van der Waals surface area contributed by atoms with Crippen molar-refractivity contribution in [1.82, 2.24) is 14.8 Å². The van der Waals surface area contributed by atoms with Gasteiger partial charge in [0, 0.05) is 32.1 Å². The van der Waals surface area contributed by atoms with Gasteiger partial charge in [-0.25, -0.2) is 0 Å². The molecule has 1 N–H and O–H groups in total. The monoisotopic (exact) mass is 1000 g/mol. The number of carboxylic acids is 1. The molecule has 2 aliphatic rings. The summed E-state index contributed by atoms with van der Waals surface area (Å²) in [4.78, 5) is 34.5. The minimum atomic E-state index is -0.773. The topological polar surface area (TPSA) is 73.7 Å². The summed E-state index contributed by atoms with van der Waals surface area (Å²) >= 11 is 0. The van der Waals surface area contributed by atoms with Gasteiger partial charge in [0.1, 0.15) is 0 Å². The molecule has 2 atom stereocenters. The lowest BCUT2D eigenvalue weighted by Crippen LogP contribution is -2.43. The summed E-state index contributed by atoms with van der Waals surface area (Å²) in [5.74, 6) is -0.543. The van der Waals surface area contributed by atoms with Crippen molar-refractivity contribution < 1.29 is 14.7 Å². The van der Waals surface area contributed by atoms with Crippen LogP contribution in [0, 0.1) is 5.41 Å². The molecule has 1 aromatic rings. The summed E-state index contributed by atoms with van der Waals surface area (Å²) in [6.07, 6.45) is 72.5. The third-order valence-corrected chi connectivity index (χ3v) is 17.8. The van der Waals surface area contributed by atoms with E-state index in [-0.39, 0.29) is 23.3 Å². The molecule has 2 fully saturated rings.